The maximum atomic E-state index is 13.1. The van der Waals surface area contributed by atoms with Gasteiger partial charge in [0.1, 0.15) is 36.6 Å². The van der Waals surface area contributed by atoms with Crippen LogP contribution in [0.2, 0.25) is 0 Å². The van der Waals surface area contributed by atoms with Crippen LogP contribution >= 0.6 is 0 Å². The van der Waals surface area contributed by atoms with E-state index in [1.807, 2.05) is 0 Å². The Hall–Kier alpha value is -1.15. The predicted octanol–water partition coefficient (Wildman–Crippen LogP) is 8.45. The number of rotatable bonds is 41. The Balaban J connectivity index is 2.43. The van der Waals surface area contributed by atoms with Gasteiger partial charge in [-0.2, -0.15) is 0 Å². The number of amides is 1. The first-order chi connectivity index (χ1) is 28.7. The molecule has 0 bridgehead atoms. The number of unbranched alkanes of at least 4 members (excludes halogenated alkanes) is 27. The van der Waals surface area contributed by atoms with Gasteiger partial charge in [0, 0.05) is 0 Å². The summed E-state index contributed by atoms with van der Waals surface area (Å²) in [5, 5.41) is 75.7. The molecule has 11 nitrogen and oxygen atoms in total. The maximum Gasteiger partial charge on any atom is 0.249 e. The minimum atomic E-state index is -1.66. The lowest BCUT2D eigenvalue weighted by Gasteiger charge is -2.40. The molecule has 1 fully saturated rings. The SMILES string of the molecule is CCCCCCCCCCCCCCCC/C=C/CCCC(O)C(O)C(COC1OC(CO)C(O)C(O)C1O)NC(=O)C(O)CCCCCCCCCCCCCCC. The number of aliphatic hydroxyl groups is 7. The average molecular weight is 844 g/mol. The molecule has 0 radical (unpaired) electrons. The molecule has 350 valence electrons. The van der Waals surface area contributed by atoms with Crippen LogP contribution in [0, 0.1) is 0 Å². The van der Waals surface area contributed by atoms with Gasteiger partial charge in [-0.05, 0) is 38.5 Å². The molecule has 0 aromatic heterocycles. The van der Waals surface area contributed by atoms with E-state index in [2.05, 4.69) is 31.3 Å². The third-order valence-electron chi connectivity index (χ3n) is 12.1. The first-order valence-corrected chi connectivity index (χ1v) is 24.6. The molecule has 1 aliphatic rings. The van der Waals surface area contributed by atoms with E-state index in [1.165, 1.54) is 141 Å². The van der Waals surface area contributed by atoms with Crippen LogP contribution in [0.4, 0.5) is 0 Å². The minimum Gasteiger partial charge on any atom is -0.394 e. The zero-order valence-corrected chi connectivity index (χ0v) is 37.7. The van der Waals surface area contributed by atoms with Gasteiger partial charge in [-0.25, -0.2) is 0 Å². The van der Waals surface area contributed by atoms with Gasteiger partial charge in [0.2, 0.25) is 5.91 Å². The molecule has 1 heterocycles. The molecule has 59 heavy (non-hydrogen) atoms. The van der Waals surface area contributed by atoms with Gasteiger partial charge in [0.25, 0.3) is 0 Å². The van der Waals surface area contributed by atoms with Crippen LogP contribution in [0.1, 0.15) is 219 Å². The molecule has 1 saturated heterocycles. The number of hydrogen-bond donors (Lipinski definition) is 8. The highest BCUT2D eigenvalue weighted by molar-refractivity contribution is 5.80. The standard InChI is InChI=1S/C48H93NO10/c1-3-5-7-9-11-13-15-17-18-19-20-21-22-24-25-27-29-31-33-35-40(51)43(53)39(38-58-48-46(56)45(55)44(54)42(37-50)59-48)49-47(57)41(52)36-34-32-30-28-26-23-16-14-12-10-8-6-4-2/h27,29,39-46,48,50-56H,3-26,28,30-38H2,1-2H3,(H,49,57)/b29-27+. The molecule has 9 atom stereocenters. The summed E-state index contributed by atoms with van der Waals surface area (Å²) in [6.07, 6.45) is 29.8. The highest BCUT2D eigenvalue weighted by atomic mass is 16.7. The summed E-state index contributed by atoms with van der Waals surface area (Å²) in [6, 6.07) is -1.18. The fourth-order valence-electron chi connectivity index (χ4n) is 7.97. The van der Waals surface area contributed by atoms with Gasteiger partial charge in [-0.15, -0.1) is 0 Å². The molecule has 1 amide bonds. The summed E-state index contributed by atoms with van der Waals surface area (Å²) >= 11 is 0. The van der Waals surface area contributed by atoms with Crippen LogP contribution < -0.4 is 5.32 Å². The largest absolute Gasteiger partial charge is 0.394 e. The van der Waals surface area contributed by atoms with Gasteiger partial charge in [-0.1, -0.05) is 193 Å². The molecule has 0 spiro atoms. The van der Waals surface area contributed by atoms with E-state index in [-0.39, 0.29) is 12.8 Å². The van der Waals surface area contributed by atoms with E-state index in [4.69, 9.17) is 9.47 Å². The molecule has 0 aromatic rings. The van der Waals surface area contributed by atoms with Crippen LogP contribution in [0.25, 0.3) is 0 Å². The quantitative estimate of drug-likeness (QED) is 0.0219. The van der Waals surface area contributed by atoms with Gasteiger partial charge in [0.05, 0.1) is 25.4 Å². The Kier molecular flexibility index (Phi) is 36.5. The van der Waals surface area contributed by atoms with Crippen LogP contribution in [-0.4, -0.2) is 110 Å². The number of allylic oxidation sites excluding steroid dienone is 2. The van der Waals surface area contributed by atoms with Crippen LogP contribution in [0.3, 0.4) is 0 Å². The third-order valence-corrected chi connectivity index (χ3v) is 12.1. The molecule has 11 heteroatoms. The number of carbonyl (C=O) groups excluding carboxylic acids is 1. The summed E-state index contributed by atoms with van der Waals surface area (Å²) in [7, 11) is 0. The van der Waals surface area contributed by atoms with Crippen LogP contribution in [-0.2, 0) is 14.3 Å². The Bertz CT molecular complexity index is 970. The lowest BCUT2D eigenvalue weighted by Crippen LogP contribution is -2.60. The van der Waals surface area contributed by atoms with Crippen molar-refractivity contribution >= 4 is 5.91 Å². The summed E-state index contributed by atoms with van der Waals surface area (Å²) < 4.78 is 11.1. The number of nitrogens with one attached hydrogen (secondary N) is 1. The summed E-state index contributed by atoms with van der Waals surface area (Å²) in [4.78, 5) is 13.1. The van der Waals surface area contributed by atoms with Crippen molar-refractivity contribution in [1.82, 2.24) is 5.32 Å². The molecular weight excluding hydrogens is 751 g/mol. The molecule has 1 rings (SSSR count). The second-order valence-electron chi connectivity index (χ2n) is 17.5. The number of aliphatic hydroxyl groups excluding tert-OH is 7. The first-order valence-electron chi connectivity index (χ1n) is 24.6. The van der Waals surface area contributed by atoms with Crippen LogP contribution in [0.5, 0.6) is 0 Å². The zero-order chi connectivity index (χ0) is 43.4. The van der Waals surface area contributed by atoms with Gasteiger partial charge in [0.15, 0.2) is 6.29 Å². The number of carbonyl (C=O) groups is 1. The lowest BCUT2D eigenvalue weighted by atomic mass is 9.98. The van der Waals surface area contributed by atoms with Crippen molar-refractivity contribution < 1.29 is 50.0 Å². The van der Waals surface area contributed by atoms with E-state index in [1.54, 1.807) is 0 Å². The van der Waals surface area contributed by atoms with E-state index in [0.29, 0.717) is 12.8 Å². The Morgan fingerprint density at radius 3 is 1.46 bits per heavy atom. The minimum absolute atomic E-state index is 0.258. The molecule has 0 saturated carbocycles. The Morgan fingerprint density at radius 1 is 0.576 bits per heavy atom. The highest BCUT2D eigenvalue weighted by Gasteiger charge is 2.44. The van der Waals surface area contributed by atoms with Crippen molar-refractivity contribution in [2.45, 2.75) is 274 Å². The lowest BCUT2D eigenvalue weighted by molar-refractivity contribution is -0.303. The summed E-state index contributed by atoms with van der Waals surface area (Å²) in [5.74, 6) is -0.705. The molecule has 9 unspecified atom stereocenters. The topological polar surface area (TPSA) is 189 Å². The monoisotopic (exact) mass is 844 g/mol. The predicted molar refractivity (Wildman–Crippen MR) is 238 cm³/mol. The second-order valence-corrected chi connectivity index (χ2v) is 17.5. The number of ether oxygens (including phenoxy) is 2. The second kappa shape index (κ2) is 38.5. The maximum absolute atomic E-state index is 13.1. The van der Waals surface area contributed by atoms with Crippen LogP contribution in [0.15, 0.2) is 12.2 Å². The van der Waals surface area contributed by atoms with Crippen molar-refractivity contribution in [3.8, 4) is 0 Å². The smallest absolute Gasteiger partial charge is 0.249 e. The van der Waals surface area contributed by atoms with Crippen molar-refractivity contribution in [2.75, 3.05) is 13.2 Å². The average Bonchev–Trinajstić information content (AvgIpc) is 3.23. The van der Waals surface area contributed by atoms with Crippen molar-refractivity contribution in [3.05, 3.63) is 12.2 Å². The Labute approximate surface area is 360 Å². The van der Waals surface area contributed by atoms with E-state index in [9.17, 15) is 40.5 Å². The molecule has 0 aliphatic carbocycles. The highest BCUT2D eigenvalue weighted by Crippen LogP contribution is 2.23. The Morgan fingerprint density at radius 2 is 1.00 bits per heavy atom. The molecule has 8 N–H and O–H groups in total. The number of hydrogen-bond acceptors (Lipinski definition) is 10. The first kappa shape index (κ1) is 55.9. The molecule has 0 aromatic carbocycles. The molecular formula is C48H93NO10. The van der Waals surface area contributed by atoms with Crippen molar-refractivity contribution in [2.24, 2.45) is 0 Å². The van der Waals surface area contributed by atoms with Gasteiger partial charge < -0.3 is 50.5 Å². The van der Waals surface area contributed by atoms with Crippen molar-refractivity contribution in [3.63, 3.8) is 0 Å². The summed E-state index contributed by atoms with van der Waals surface area (Å²) in [6.45, 7) is 3.43. The van der Waals surface area contributed by atoms with Crippen molar-refractivity contribution in [1.29, 1.82) is 0 Å². The van der Waals surface area contributed by atoms with E-state index < -0.39 is 74.2 Å². The zero-order valence-electron chi connectivity index (χ0n) is 37.7. The third kappa shape index (κ3) is 28.2. The molecule has 1 aliphatic heterocycles. The van der Waals surface area contributed by atoms with Gasteiger partial charge >= 0.3 is 0 Å². The normalized spacial score (nSPS) is 21.8. The fourth-order valence-corrected chi connectivity index (χ4v) is 7.97. The van der Waals surface area contributed by atoms with Gasteiger partial charge in [-0.3, -0.25) is 4.79 Å². The summed E-state index contributed by atoms with van der Waals surface area (Å²) in [5.41, 5.74) is 0. The fraction of sp³-hybridized carbons (Fsp3) is 0.938. The van der Waals surface area contributed by atoms with E-state index >= 15 is 0 Å². The van der Waals surface area contributed by atoms with E-state index in [0.717, 1.165) is 38.5 Å².